The van der Waals surface area contributed by atoms with Gasteiger partial charge in [-0.3, -0.25) is 4.79 Å². The lowest BCUT2D eigenvalue weighted by Gasteiger charge is -2.57. The van der Waals surface area contributed by atoms with Gasteiger partial charge in [-0.2, -0.15) is 0 Å². The highest BCUT2D eigenvalue weighted by Gasteiger charge is 2.62. The average Bonchev–Trinajstić information content (AvgIpc) is 2.71. The molecule has 0 heterocycles. The molecule has 1 N–H and O–H groups in total. The van der Waals surface area contributed by atoms with Gasteiger partial charge in [0.2, 0.25) is 0 Å². The highest BCUT2D eigenvalue weighted by Crippen LogP contribution is 2.64. The van der Waals surface area contributed by atoms with Gasteiger partial charge < -0.3 is 5.11 Å². The van der Waals surface area contributed by atoms with Crippen molar-refractivity contribution in [1.29, 1.82) is 0 Å². The highest BCUT2D eigenvalue weighted by atomic mass is 19.1. The standard InChI is InChI=1S/C19H27FO2/c1-18-7-4-3-5-11(18)9-15(21)16-12(18)6-8-19(2)13(16)10-14(20)17(19)22/h9,12-16,21H,3-8,10H2,1-2H3/t12-,13-,14?,15-,16+,18-,19-/m0/s1. The summed E-state index contributed by atoms with van der Waals surface area (Å²) in [7, 11) is 0. The van der Waals surface area contributed by atoms with Crippen molar-refractivity contribution in [2.24, 2.45) is 28.6 Å². The number of aliphatic hydroxyl groups is 1. The quantitative estimate of drug-likeness (QED) is 0.691. The molecule has 0 aromatic rings. The molecule has 0 aliphatic heterocycles. The molecule has 22 heavy (non-hydrogen) atoms. The number of alkyl halides is 1. The van der Waals surface area contributed by atoms with Gasteiger partial charge in [0.1, 0.15) is 0 Å². The number of hydrogen-bond acceptors (Lipinski definition) is 2. The minimum atomic E-state index is -1.31. The van der Waals surface area contributed by atoms with Crippen LogP contribution in [0.25, 0.3) is 0 Å². The number of ketones is 1. The van der Waals surface area contributed by atoms with Gasteiger partial charge in [-0.1, -0.05) is 31.9 Å². The second kappa shape index (κ2) is 4.66. The Morgan fingerprint density at radius 1 is 1.18 bits per heavy atom. The molecule has 3 saturated carbocycles. The first-order valence-electron chi connectivity index (χ1n) is 8.95. The molecule has 4 rings (SSSR count). The van der Waals surface area contributed by atoms with E-state index < -0.39 is 17.7 Å². The third-order valence-electron chi connectivity index (χ3n) is 7.74. The minimum Gasteiger partial charge on any atom is -0.389 e. The molecule has 0 saturated heterocycles. The summed E-state index contributed by atoms with van der Waals surface area (Å²) in [6, 6.07) is 0. The molecule has 0 spiro atoms. The van der Waals surface area contributed by atoms with Crippen LogP contribution in [-0.4, -0.2) is 23.2 Å². The molecule has 0 aromatic heterocycles. The minimum absolute atomic E-state index is 0.0142. The normalized spacial score (nSPS) is 54.3. The number of hydrogen-bond donors (Lipinski definition) is 1. The van der Waals surface area contributed by atoms with Crippen molar-refractivity contribution in [3.8, 4) is 0 Å². The van der Waals surface area contributed by atoms with E-state index in [0.717, 1.165) is 19.3 Å². The van der Waals surface area contributed by atoms with Crippen LogP contribution in [0.15, 0.2) is 11.6 Å². The number of carbonyl (C=O) groups is 1. The summed E-state index contributed by atoms with van der Waals surface area (Å²) < 4.78 is 14.1. The fourth-order valence-electron chi connectivity index (χ4n) is 6.44. The van der Waals surface area contributed by atoms with Crippen molar-refractivity contribution >= 4 is 5.78 Å². The van der Waals surface area contributed by atoms with E-state index in [4.69, 9.17) is 0 Å². The molecule has 1 unspecified atom stereocenters. The van der Waals surface area contributed by atoms with Gasteiger partial charge in [0.15, 0.2) is 12.0 Å². The predicted octanol–water partition coefficient (Wildman–Crippen LogP) is 3.83. The van der Waals surface area contributed by atoms with Crippen LogP contribution in [0.1, 0.15) is 58.8 Å². The highest BCUT2D eigenvalue weighted by molar-refractivity contribution is 5.91. The molecule has 0 radical (unpaired) electrons. The fraction of sp³-hybridized carbons (Fsp3) is 0.842. The van der Waals surface area contributed by atoms with E-state index in [1.54, 1.807) is 0 Å². The second-order valence-corrected chi connectivity index (χ2v) is 8.62. The van der Waals surface area contributed by atoms with E-state index in [9.17, 15) is 14.3 Å². The maximum atomic E-state index is 14.1. The molecule has 4 aliphatic carbocycles. The van der Waals surface area contributed by atoms with E-state index in [-0.39, 0.29) is 23.0 Å². The van der Waals surface area contributed by atoms with Gasteiger partial charge in [0.05, 0.1) is 6.10 Å². The number of carbonyl (C=O) groups excluding carboxylic acids is 1. The lowest BCUT2D eigenvalue weighted by atomic mass is 9.47. The van der Waals surface area contributed by atoms with Gasteiger partial charge in [0, 0.05) is 5.41 Å². The third-order valence-corrected chi connectivity index (χ3v) is 7.74. The lowest BCUT2D eigenvalue weighted by Crippen LogP contribution is -2.54. The van der Waals surface area contributed by atoms with Gasteiger partial charge in [-0.25, -0.2) is 4.39 Å². The molecule has 3 fully saturated rings. The Bertz CT molecular complexity index is 542. The number of halogens is 1. The van der Waals surface area contributed by atoms with Gasteiger partial charge >= 0.3 is 0 Å². The maximum absolute atomic E-state index is 14.1. The summed E-state index contributed by atoms with van der Waals surface area (Å²) >= 11 is 0. The number of allylic oxidation sites excluding steroid dienone is 1. The van der Waals surface area contributed by atoms with Crippen molar-refractivity contribution in [3.05, 3.63) is 11.6 Å². The molecular weight excluding hydrogens is 279 g/mol. The molecule has 0 aromatic carbocycles. The Morgan fingerprint density at radius 2 is 1.95 bits per heavy atom. The molecule has 4 aliphatic rings. The van der Waals surface area contributed by atoms with E-state index >= 15 is 0 Å². The predicted molar refractivity (Wildman–Crippen MR) is 83.0 cm³/mol. The zero-order chi connectivity index (χ0) is 15.7. The molecule has 7 atom stereocenters. The molecule has 2 nitrogen and oxygen atoms in total. The summed E-state index contributed by atoms with van der Waals surface area (Å²) in [5, 5.41) is 10.8. The van der Waals surface area contributed by atoms with Gasteiger partial charge in [-0.15, -0.1) is 0 Å². The zero-order valence-corrected chi connectivity index (χ0v) is 13.6. The number of rotatable bonds is 0. The summed E-state index contributed by atoms with van der Waals surface area (Å²) in [5.74, 6) is 0.293. The zero-order valence-electron chi connectivity index (χ0n) is 13.6. The van der Waals surface area contributed by atoms with Crippen molar-refractivity contribution in [3.63, 3.8) is 0 Å². The maximum Gasteiger partial charge on any atom is 0.173 e. The number of Topliss-reactive ketones (excluding diaryl/α,β-unsaturated/α-hetero) is 1. The largest absolute Gasteiger partial charge is 0.389 e. The number of aliphatic hydroxyl groups excluding tert-OH is 1. The van der Waals surface area contributed by atoms with Crippen LogP contribution in [-0.2, 0) is 4.79 Å². The van der Waals surface area contributed by atoms with E-state index in [0.29, 0.717) is 12.3 Å². The van der Waals surface area contributed by atoms with E-state index in [1.807, 2.05) is 6.92 Å². The van der Waals surface area contributed by atoms with Crippen LogP contribution in [0, 0.1) is 28.6 Å². The van der Waals surface area contributed by atoms with Crippen molar-refractivity contribution in [1.82, 2.24) is 0 Å². The average molecular weight is 306 g/mol. The summed E-state index contributed by atoms with van der Waals surface area (Å²) in [6.45, 7) is 4.30. The third kappa shape index (κ3) is 1.72. The first kappa shape index (κ1) is 14.9. The summed E-state index contributed by atoms with van der Waals surface area (Å²) in [6.07, 6.45) is 7.10. The van der Waals surface area contributed by atoms with Crippen LogP contribution in [0.3, 0.4) is 0 Å². The van der Waals surface area contributed by atoms with Gasteiger partial charge in [-0.05, 0) is 61.7 Å². The number of fused-ring (bicyclic) bond motifs is 5. The molecule has 122 valence electrons. The van der Waals surface area contributed by atoms with Crippen LogP contribution >= 0.6 is 0 Å². The topological polar surface area (TPSA) is 37.3 Å². The van der Waals surface area contributed by atoms with Crippen LogP contribution in [0.4, 0.5) is 4.39 Å². The Hall–Kier alpha value is -0.700. The first-order chi connectivity index (χ1) is 10.4. The molecule has 0 bridgehead atoms. The summed E-state index contributed by atoms with van der Waals surface area (Å²) in [5.41, 5.74) is 1.05. The first-order valence-corrected chi connectivity index (χ1v) is 8.95. The fourth-order valence-corrected chi connectivity index (χ4v) is 6.44. The van der Waals surface area contributed by atoms with Crippen molar-refractivity contribution in [2.45, 2.75) is 71.1 Å². The van der Waals surface area contributed by atoms with Gasteiger partial charge in [0.25, 0.3) is 0 Å². The van der Waals surface area contributed by atoms with E-state index in [2.05, 4.69) is 13.0 Å². The Kier molecular flexibility index (Phi) is 3.15. The monoisotopic (exact) mass is 306 g/mol. The molecular formula is C19H27FO2. The summed E-state index contributed by atoms with van der Waals surface area (Å²) in [4.78, 5) is 12.3. The van der Waals surface area contributed by atoms with Crippen molar-refractivity contribution < 1.29 is 14.3 Å². The molecule has 3 heteroatoms. The Morgan fingerprint density at radius 3 is 2.73 bits per heavy atom. The van der Waals surface area contributed by atoms with E-state index in [1.165, 1.54) is 24.8 Å². The Balaban J connectivity index is 1.76. The van der Waals surface area contributed by atoms with Crippen LogP contribution in [0.2, 0.25) is 0 Å². The molecule has 0 amide bonds. The van der Waals surface area contributed by atoms with Crippen LogP contribution in [0.5, 0.6) is 0 Å². The van der Waals surface area contributed by atoms with Crippen LogP contribution < -0.4 is 0 Å². The lowest BCUT2D eigenvalue weighted by molar-refractivity contribution is -0.137. The van der Waals surface area contributed by atoms with Crippen molar-refractivity contribution in [2.75, 3.05) is 0 Å². The Labute approximate surface area is 132 Å². The second-order valence-electron chi connectivity index (χ2n) is 8.62. The SMILES string of the molecule is C[C@]12CCCCC1=C[C@H](O)[C@@H]1[C@@H]2CC[C@]2(C)C(=O)C(F)C[C@@H]12. The smallest absolute Gasteiger partial charge is 0.173 e.